The van der Waals surface area contributed by atoms with Crippen molar-refractivity contribution in [1.29, 1.82) is 5.26 Å². The Hall–Kier alpha value is -1.98. The Labute approximate surface area is 117 Å². The molecule has 1 unspecified atom stereocenters. The molecule has 1 aromatic heterocycles. The first-order valence-electron chi connectivity index (χ1n) is 5.93. The van der Waals surface area contributed by atoms with Crippen molar-refractivity contribution in [3.63, 3.8) is 0 Å². The molecule has 1 atom stereocenters. The van der Waals surface area contributed by atoms with E-state index in [4.69, 9.17) is 10.4 Å². The first kappa shape index (κ1) is 16.1. The van der Waals surface area contributed by atoms with Gasteiger partial charge >= 0.3 is 5.97 Å². The van der Waals surface area contributed by atoms with Crippen molar-refractivity contribution in [3.8, 4) is 6.07 Å². The van der Waals surface area contributed by atoms with E-state index in [0.717, 1.165) is 0 Å². The van der Waals surface area contributed by atoms with Crippen LogP contribution in [0.15, 0.2) is 23.2 Å². The molecule has 0 radical (unpaired) electrons. The van der Waals surface area contributed by atoms with Gasteiger partial charge in [0.05, 0.1) is 0 Å². The summed E-state index contributed by atoms with van der Waals surface area (Å²) in [6.07, 6.45) is 1.70. The molecule has 0 bridgehead atoms. The van der Waals surface area contributed by atoms with Crippen LogP contribution in [0.2, 0.25) is 0 Å². The maximum atomic E-state index is 12.0. The highest BCUT2D eigenvalue weighted by atomic mass is 32.2. The monoisotopic (exact) mass is 297 g/mol. The van der Waals surface area contributed by atoms with E-state index in [0.29, 0.717) is 6.42 Å². The molecule has 1 heterocycles. The summed E-state index contributed by atoms with van der Waals surface area (Å²) in [5, 5.41) is 17.4. The Bertz CT molecular complexity index is 622. The van der Waals surface area contributed by atoms with Gasteiger partial charge in [0.25, 0.3) is 0 Å². The summed E-state index contributed by atoms with van der Waals surface area (Å²) in [5.74, 6) is -1.04. The lowest BCUT2D eigenvalue weighted by atomic mass is 10.1. The third-order valence-electron chi connectivity index (χ3n) is 2.64. The second-order valence-electron chi connectivity index (χ2n) is 4.35. The van der Waals surface area contributed by atoms with Crippen LogP contribution in [0.4, 0.5) is 0 Å². The lowest BCUT2D eigenvalue weighted by Crippen LogP contribution is -2.29. The topological polar surface area (TPSA) is 120 Å². The standard InChI is InChI=1S/C12H15N3O4S/c1-9(4-5-12(16)17)8-15-20(18,19)11-3-2-6-14-10(11)7-13/h2-3,6,9,15H,4-5,8H2,1H3,(H,16,17). The van der Waals surface area contributed by atoms with Crippen molar-refractivity contribution in [3.05, 3.63) is 24.0 Å². The molecule has 0 aliphatic rings. The number of nitrogens with zero attached hydrogens (tertiary/aromatic N) is 2. The molecule has 108 valence electrons. The summed E-state index contributed by atoms with van der Waals surface area (Å²) in [4.78, 5) is 13.9. The number of nitriles is 1. The number of rotatable bonds is 7. The largest absolute Gasteiger partial charge is 0.481 e. The minimum atomic E-state index is -3.82. The van der Waals surface area contributed by atoms with Crippen LogP contribution in [0.25, 0.3) is 0 Å². The molecular weight excluding hydrogens is 282 g/mol. The molecule has 8 heteroatoms. The molecule has 0 spiro atoms. The van der Waals surface area contributed by atoms with Crippen molar-refractivity contribution in [1.82, 2.24) is 9.71 Å². The molecule has 0 saturated carbocycles. The highest BCUT2D eigenvalue weighted by Crippen LogP contribution is 2.13. The van der Waals surface area contributed by atoms with Crippen molar-refractivity contribution >= 4 is 16.0 Å². The van der Waals surface area contributed by atoms with Crippen molar-refractivity contribution in [2.75, 3.05) is 6.54 Å². The molecule has 0 fully saturated rings. The summed E-state index contributed by atoms with van der Waals surface area (Å²) < 4.78 is 26.4. The third-order valence-corrected chi connectivity index (χ3v) is 4.09. The molecular formula is C12H15N3O4S. The van der Waals surface area contributed by atoms with Crippen LogP contribution in [-0.4, -0.2) is 31.0 Å². The van der Waals surface area contributed by atoms with Crippen molar-refractivity contribution in [2.45, 2.75) is 24.7 Å². The van der Waals surface area contributed by atoms with Crippen LogP contribution in [0.3, 0.4) is 0 Å². The average molecular weight is 297 g/mol. The van der Waals surface area contributed by atoms with E-state index < -0.39 is 16.0 Å². The van der Waals surface area contributed by atoms with Crippen LogP contribution in [0.1, 0.15) is 25.5 Å². The number of carboxylic acids is 1. The molecule has 1 aromatic rings. The minimum absolute atomic E-state index is 0.0147. The van der Waals surface area contributed by atoms with Crippen molar-refractivity contribution < 1.29 is 18.3 Å². The summed E-state index contributed by atoms with van der Waals surface area (Å²) >= 11 is 0. The highest BCUT2D eigenvalue weighted by Gasteiger charge is 2.19. The van der Waals surface area contributed by atoms with Gasteiger partial charge in [-0.15, -0.1) is 0 Å². The van der Waals surface area contributed by atoms with Gasteiger partial charge in [0.15, 0.2) is 5.69 Å². The second kappa shape index (κ2) is 6.98. The molecule has 20 heavy (non-hydrogen) atoms. The second-order valence-corrected chi connectivity index (χ2v) is 6.09. The van der Waals surface area contributed by atoms with Gasteiger partial charge < -0.3 is 5.11 Å². The molecule has 0 amide bonds. The Kier molecular flexibility index (Phi) is 5.61. The van der Waals surface area contributed by atoms with Crippen LogP contribution in [0.5, 0.6) is 0 Å². The van der Waals surface area contributed by atoms with Crippen LogP contribution in [0, 0.1) is 17.2 Å². The van der Waals surface area contributed by atoms with Gasteiger partial charge in [0.1, 0.15) is 11.0 Å². The molecule has 2 N–H and O–H groups in total. The number of pyridine rings is 1. The predicted octanol–water partition coefficient (Wildman–Crippen LogP) is 0.732. The zero-order valence-corrected chi connectivity index (χ0v) is 11.7. The summed E-state index contributed by atoms with van der Waals surface area (Å²) in [6.45, 7) is 1.86. The van der Waals surface area contributed by atoms with Crippen LogP contribution in [-0.2, 0) is 14.8 Å². The summed E-state index contributed by atoms with van der Waals surface area (Å²) in [6, 6.07) is 4.46. The summed E-state index contributed by atoms with van der Waals surface area (Å²) in [7, 11) is -3.82. The van der Waals surface area contributed by atoms with Gasteiger partial charge in [-0.2, -0.15) is 5.26 Å². The fourth-order valence-electron chi connectivity index (χ4n) is 1.49. The van der Waals surface area contributed by atoms with E-state index in [2.05, 4.69) is 9.71 Å². The van der Waals surface area contributed by atoms with Crippen molar-refractivity contribution in [2.24, 2.45) is 5.92 Å². The third kappa shape index (κ3) is 4.60. The number of carbonyl (C=O) groups is 1. The molecule has 0 aliphatic heterocycles. The first-order chi connectivity index (χ1) is 9.36. The summed E-state index contributed by atoms with van der Waals surface area (Å²) in [5.41, 5.74) is -0.168. The number of hydrogen-bond donors (Lipinski definition) is 2. The molecule has 1 rings (SSSR count). The quantitative estimate of drug-likeness (QED) is 0.765. The number of carboxylic acid groups (broad SMARTS) is 1. The maximum absolute atomic E-state index is 12.0. The van der Waals surface area contributed by atoms with Gasteiger partial charge in [-0.1, -0.05) is 6.92 Å². The number of nitrogens with one attached hydrogen (secondary N) is 1. The number of aromatic nitrogens is 1. The van der Waals surface area contributed by atoms with Gasteiger partial charge in [0, 0.05) is 19.2 Å². The van der Waals surface area contributed by atoms with E-state index in [-0.39, 0.29) is 29.5 Å². The van der Waals surface area contributed by atoms with Crippen LogP contribution >= 0.6 is 0 Å². The Morgan fingerprint density at radius 3 is 2.90 bits per heavy atom. The first-order valence-corrected chi connectivity index (χ1v) is 7.41. The lowest BCUT2D eigenvalue weighted by Gasteiger charge is -2.12. The van der Waals surface area contributed by atoms with Gasteiger partial charge in [-0.05, 0) is 24.5 Å². The Balaban J connectivity index is 2.71. The zero-order valence-electron chi connectivity index (χ0n) is 10.9. The number of sulfonamides is 1. The molecule has 0 aliphatic carbocycles. The van der Waals surface area contributed by atoms with Gasteiger partial charge in [-0.25, -0.2) is 18.1 Å². The minimum Gasteiger partial charge on any atom is -0.481 e. The fourth-order valence-corrected chi connectivity index (χ4v) is 2.76. The SMILES string of the molecule is CC(CCC(=O)O)CNS(=O)(=O)c1cccnc1C#N. The predicted molar refractivity (Wildman–Crippen MR) is 70.2 cm³/mol. The Morgan fingerprint density at radius 1 is 1.60 bits per heavy atom. The van der Waals surface area contributed by atoms with E-state index in [1.807, 2.05) is 0 Å². The normalized spacial score (nSPS) is 12.6. The van der Waals surface area contributed by atoms with E-state index in [1.165, 1.54) is 18.3 Å². The van der Waals surface area contributed by atoms with Crippen LogP contribution < -0.4 is 4.72 Å². The number of aliphatic carboxylic acids is 1. The molecule has 7 nitrogen and oxygen atoms in total. The molecule has 0 aromatic carbocycles. The Morgan fingerprint density at radius 2 is 2.30 bits per heavy atom. The smallest absolute Gasteiger partial charge is 0.303 e. The van der Waals surface area contributed by atoms with E-state index in [9.17, 15) is 13.2 Å². The molecule has 0 saturated heterocycles. The average Bonchev–Trinajstić information content (AvgIpc) is 2.43. The van der Waals surface area contributed by atoms with E-state index >= 15 is 0 Å². The van der Waals surface area contributed by atoms with Gasteiger partial charge in [0.2, 0.25) is 10.0 Å². The number of hydrogen-bond acceptors (Lipinski definition) is 5. The van der Waals surface area contributed by atoms with Gasteiger partial charge in [-0.3, -0.25) is 4.79 Å². The maximum Gasteiger partial charge on any atom is 0.303 e. The lowest BCUT2D eigenvalue weighted by molar-refractivity contribution is -0.137. The fraction of sp³-hybridized carbons (Fsp3) is 0.417. The highest BCUT2D eigenvalue weighted by molar-refractivity contribution is 7.89. The zero-order chi connectivity index (χ0) is 15.2. The van der Waals surface area contributed by atoms with E-state index in [1.54, 1.807) is 13.0 Å².